The number of alkyl carbamates (subject to hydrolysis) is 1. The van der Waals surface area contributed by atoms with Crippen molar-refractivity contribution < 1.29 is 27.5 Å². The van der Waals surface area contributed by atoms with E-state index in [2.05, 4.69) is 10.6 Å². The van der Waals surface area contributed by atoms with Crippen molar-refractivity contribution in [1.82, 2.24) is 5.32 Å². The SMILES string of the molecule is CC(C)(C)OC(=O)N[C@@H](CCSC(F)(F)F)C(=O)Nc1ccccc1. The number of hydrogen-bond acceptors (Lipinski definition) is 4. The number of carbonyl (C=O) groups is 2. The van der Waals surface area contributed by atoms with E-state index in [1.54, 1.807) is 51.1 Å². The Morgan fingerprint density at radius 3 is 2.28 bits per heavy atom. The maximum atomic E-state index is 12.3. The zero-order valence-electron chi connectivity index (χ0n) is 14.1. The van der Waals surface area contributed by atoms with Crippen LogP contribution in [0.1, 0.15) is 27.2 Å². The lowest BCUT2D eigenvalue weighted by atomic mass is 10.2. The molecule has 0 radical (unpaired) electrons. The zero-order chi connectivity index (χ0) is 19.1. The molecule has 0 spiro atoms. The van der Waals surface area contributed by atoms with Gasteiger partial charge in [-0.2, -0.15) is 13.2 Å². The summed E-state index contributed by atoms with van der Waals surface area (Å²) in [7, 11) is 0. The predicted molar refractivity (Wildman–Crippen MR) is 91.4 cm³/mol. The van der Waals surface area contributed by atoms with Gasteiger partial charge in [0, 0.05) is 11.4 Å². The van der Waals surface area contributed by atoms with Crippen molar-refractivity contribution in [3.05, 3.63) is 30.3 Å². The van der Waals surface area contributed by atoms with E-state index in [0.717, 1.165) is 0 Å². The second kappa shape index (κ2) is 8.98. The van der Waals surface area contributed by atoms with Gasteiger partial charge in [-0.15, -0.1) is 0 Å². The number of rotatable bonds is 6. The Morgan fingerprint density at radius 1 is 1.16 bits per heavy atom. The molecule has 0 saturated carbocycles. The maximum Gasteiger partial charge on any atom is 0.441 e. The average molecular weight is 378 g/mol. The fourth-order valence-electron chi connectivity index (χ4n) is 1.76. The molecule has 0 saturated heterocycles. The molecule has 0 bridgehead atoms. The fraction of sp³-hybridized carbons (Fsp3) is 0.500. The summed E-state index contributed by atoms with van der Waals surface area (Å²) in [6.07, 6.45) is -1.06. The summed E-state index contributed by atoms with van der Waals surface area (Å²) >= 11 is -0.246. The highest BCUT2D eigenvalue weighted by Gasteiger charge is 2.30. The molecule has 140 valence electrons. The van der Waals surface area contributed by atoms with Gasteiger partial charge in [0.1, 0.15) is 11.6 Å². The number of alkyl halides is 3. The van der Waals surface area contributed by atoms with Gasteiger partial charge >= 0.3 is 11.6 Å². The molecule has 0 aromatic heterocycles. The zero-order valence-corrected chi connectivity index (χ0v) is 15.0. The van der Waals surface area contributed by atoms with Gasteiger partial charge in [-0.25, -0.2) is 4.79 Å². The summed E-state index contributed by atoms with van der Waals surface area (Å²) in [5, 5.41) is 4.88. The standard InChI is InChI=1S/C16H21F3N2O3S/c1-15(2,3)24-14(23)21-12(9-10-25-16(17,18)19)13(22)20-11-7-5-4-6-8-11/h4-8,12H,9-10H2,1-3H3,(H,20,22)(H,21,23)/t12-/m0/s1. The molecule has 2 amide bonds. The molecule has 1 rings (SSSR count). The van der Waals surface area contributed by atoms with Crippen LogP contribution in [0.5, 0.6) is 0 Å². The lowest BCUT2D eigenvalue weighted by Gasteiger charge is -2.23. The van der Waals surface area contributed by atoms with Crippen LogP contribution in [0.4, 0.5) is 23.7 Å². The third-order valence-electron chi connectivity index (χ3n) is 2.72. The monoisotopic (exact) mass is 378 g/mol. The molecule has 1 aromatic carbocycles. The molecule has 2 N–H and O–H groups in total. The van der Waals surface area contributed by atoms with Gasteiger partial charge in [0.05, 0.1) is 0 Å². The summed E-state index contributed by atoms with van der Waals surface area (Å²) in [6.45, 7) is 4.93. The second-order valence-electron chi connectivity index (χ2n) is 6.14. The average Bonchev–Trinajstić information content (AvgIpc) is 2.44. The van der Waals surface area contributed by atoms with Crippen molar-refractivity contribution in [2.24, 2.45) is 0 Å². The van der Waals surface area contributed by atoms with Gasteiger partial charge in [0.15, 0.2) is 0 Å². The fourth-order valence-corrected chi connectivity index (χ4v) is 2.35. The molecule has 1 aromatic rings. The van der Waals surface area contributed by atoms with Gasteiger partial charge in [-0.1, -0.05) is 30.0 Å². The van der Waals surface area contributed by atoms with E-state index in [-0.39, 0.29) is 23.9 Å². The Labute approximate surface area is 148 Å². The quantitative estimate of drug-likeness (QED) is 0.780. The lowest BCUT2D eigenvalue weighted by Crippen LogP contribution is -2.46. The van der Waals surface area contributed by atoms with Gasteiger partial charge in [-0.05, 0) is 39.3 Å². The number of benzene rings is 1. The van der Waals surface area contributed by atoms with Crippen LogP contribution in [0.2, 0.25) is 0 Å². The Balaban J connectivity index is 2.72. The van der Waals surface area contributed by atoms with Crippen molar-refractivity contribution in [2.75, 3.05) is 11.1 Å². The minimum absolute atomic E-state index is 0.192. The second-order valence-corrected chi connectivity index (χ2v) is 7.30. The third-order valence-corrected chi connectivity index (χ3v) is 3.49. The van der Waals surface area contributed by atoms with Crippen LogP contribution in [0.25, 0.3) is 0 Å². The largest absolute Gasteiger partial charge is 0.444 e. The smallest absolute Gasteiger partial charge is 0.441 e. The molecule has 0 aliphatic heterocycles. The normalized spacial score (nSPS) is 13.0. The highest BCUT2D eigenvalue weighted by atomic mass is 32.2. The van der Waals surface area contributed by atoms with Crippen LogP contribution in [0.15, 0.2) is 30.3 Å². The summed E-state index contributed by atoms with van der Waals surface area (Å²) in [5.74, 6) is -0.980. The molecule has 25 heavy (non-hydrogen) atoms. The highest BCUT2D eigenvalue weighted by Crippen LogP contribution is 2.30. The van der Waals surface area contributed by atoms with E-state index in [1.807, 2.05) is 0 Å². The first kappa shape index (κ1) is 21.1. The van der Waals surface area contributed by atoms with Crippen molar-refractivity contribution in [3.8, 4) is 0 Å². The molecule has 0 aliphatic rings. The first-order valence-electron chi connectivity index (χ1n) is 7.52. The molecular weight excluding hydrogens is 357 g/mol. The van der Waals surface area contributed by atoms with Crippen molar-refractivity contribution in [2.45, 2.75) is 44.3 Å². The Hall–Kier alpha value is -1.90. The van der Waals surface area contributed by atoms with E-state index in [9.17, 15) is 22.8 Å². The highest BCUT2D eigenvalue weighted by molar-refractivity contribution is 8.00. The van der Waals surface area contributed by atoms with E-state index < -0.39 is 29.2 Å². The van der Waals surface area contributed by atoms with E-state index in [0.29, 0.717) is 5.69 Å². The molecule has 0 unspecified atom stereocenters. The van der Waals surface area contributed by atoms with Crippen LogP contribution in [-0.4, -0.2) is 34.9 Å². The minimum atomic E-state index is -4.40. The number of anilines is 1. The third kappa shape index (κ3) is 9.85. The number of ether oxygens (including phenoxy) is 1. The summed E-state index contributed by atoms with van der Waals surface area (Å²) in [6, 6.07) is 7.27. The number of carbonyl (C=O) groups excluding carboxylic acids is 2. The van der Waals surface area contributed by atoms with Gasteiger partial charge in [-0.3, -0.25) is 4.79 Å². The molecule has 1 atom stereocenters. The van der Waals surface area contributed by atoms with Crippen LogP contribution in [-0.2, 0) is 9.53 Å². The van der Waals surface area contributed by atoms with Gasteiger partial charge in [0.2, 0.25) is 5.91 Å². The number of thioether (sulfide) groups is 1. The predicted octanol–water partition coefficient (Wildman–Crippen LogP) is 4.16. The van der Waals surface area contributed by atoms with Crippen LogP contribution in [0, 0.1) is 0 Å². The van der Waals surface area contributed by atoms with Crippen molar-refractivity contribution in [1.29, 1.82) is 0 Å². The van der Waals surface area contributed by atoms with Crippen molar-refractivity contribution in [3.63, 3.8) is 0 Å². The van der Waals surface area contributed by atoms with Gasteiger partial charge in [0.25, 0.3) is 0 Å². The number of para-hydroxylation sites is 1. The lowest BCUT2D eigenvalue weighted by molar-refractivity contribution is -0.118. The maximum absolute atomic E-state index is 12.3. The van der Waals surface area contributed by atoms with Gasteiger partial charge < -0.3 is 15.4 Å². The molecule has 5 nitrogen and oxygen atoms in total. The van der Waals surface area contributed by atoms with Crippen LogP contribution >= 0.6 is 11.8 Å². The molecular formula is C16H21F3N2O3S. The minimum Gasteiger partial charge on any atom is -0.444 e. The van der Waals surface area contributed by atoms with E-state index in [4.69, 9.17) is 4.74 Å². The Bertz CT molecular complexity index is 574. The number of amides is 2. The number of halogens is 3. The summed E-state index contributed by atoms with van der Waals surface area (Å²) < 4.78 is 41.9. The molecule has 9 heteroatoms. The molecule has 0 aliphatic carbocycles. The first-order valence-corrected chi connectivity index (χ1v) is 8.51. The topological polar surface area (TPSA) is 67.4 Å². The number of hydrogen-bond donors (Lipinski definition) is 2. The Kier molecular flexibility index (Phi) is 7.60. The summed E-state index contributed by atoms with van der Waals surface area (Å²) in [4.78, 5) is 24.1. The first-order chi connectivity index (χ1) is 11.5. The van der Waals surface area contributed by atoms with Crippen LogP contribution < -0.4 is 10.6 Å². The number of nitrogens with one attached hydrogen (secondary N) is 2. The van der Waals surface area contributed by atoms with Crippen LogP contribution in [0.3, 0.4) is 0 Å². The van der Waals surface area contributed by atoms with Crippen molar-refractivity contribution >= 4 is 29.4 Å². The summed E-state index contributed by atoms with van der Waals surface area (Å²) in [5.41, 5.74) is -4.70. The Morgan fingerprint density at radius 2 is 1.76 bits per heavy atom. The molecule has 0 fully saturated rings. The van der Waals surface area contributed by atoms with E-state index >= 15 is 0 Å². The molecule has 0 heterocycles. The van der Waals surface area contributed by atoms with E-state index in [1.165, 1.54) is 0 Å².